The van der Waals surface area contributed by atoms with Crippen LogP contribution in [0.25, 0.3) is 0 Å². The van der Waals surface area contributed by atoms with Gasteiger partial charge in [-0.3, -0.25) is 0 Å². The van der Waals surface area contributed by atoms with E-state index in [1.54, 1.807) is 0 Å². The van der Waals surface area contributed by atoms with Crippen molar-refractivity contribution in [2.24, 2.45) is 0 Å². The summed E-state index contributed by atoms with van der Waals surface area (Å²) in [6, 6.07) is 7.87. The Bertz CT molecular complexity index is 529. The molecular weight excluding hydrogens is 250 g/mol. The molecule has 1 aromatic heterocycles. The van der Waals surface area contributed by atoms with Crippen LogP contribution in [0.1, 0.15) is 32.0 Å². The van der Waals surface area contributed by atoms with Gasteiger partial charge in [0.05, 0.1) is 11.6 Å². The van der Waals surface area contributed by atoms with Crippen LogP contribution in [0.2, 0.25) is 0 Å². The molecule has 2 aromatic rings. The van der Waals surface area contributed by atoms with Gasteiger partial charge in [-0.25, -0.2) is 0 Å². The summed E-state index contributed by atoms with van der Waals surface area (Å²) in [7, 11) is 0. The number of nitrogens with zero attached hydrogens (tertiary/aromatic N) is 1. The van der Waals surface area contributed by atoms with E-state index in [0.717, 1.165) is 11.3 Å². The molecule has 2 rings (SSSR count). The van der Waals surface area contributed by atoms with E-state index < -0.39 is 0 Å². The lowest BCUT2D eigenvalue weighted by Crippen LogP contribution is -2.12. The Morgan fingerprint density at radius 1 is 1.28 bits per heavy atom. The molecule has 4 heteroatoms. The number of halogens is 1. The minimum Gasteiger partial charge on any atom is -0.417 e. The molecule has 0 spiro atoms. The van der Waals surface area contributed by atoms with Crippen molar-refractivity contribution in [1.82, 2.24) is 4.98 Å². The molecule has 0 unspecified atom stereocenters. The van der Waals surface area contributed by atoms with Crippen LogP contribution in [0.4, 0.5) is 0 Å². The summed E-state index contributed by atoms with van der Waals surface area (Å²) in [5, 5.41) is 0. The maximum Gasteiger partial charge on any atom is 0.399 e. The van der Waals surface area contributed by atoms with Gasteiger partial charge in [0, 0.05) is 5.56 Å². The third-order valence-electron chi connectivity index (χ3n) is 2.56. The number of benzene rings is 1. The molecule has 0 aliphatic heterocycles. The molecule has 0 N–H and O–H groups in total. The van der Waals surface area contributed by atoms with Gasteiger partial charge in [0.2, 0.25) is 0 Å². The van der Waals surface area contributed by atoms with Crippen LogP contribution in [0.3, 0.4) is 0 Å². The largest absolute Gasteiger partial charge is 0.417 e. The van der Waals surface area contributed by atoms with E-state index in [4.69, 9.17) is 20.8 Å². The van der Waals surface area contributed by atoms with Crippen molar-refractivity contribution >= 4 is 11.6 Å². The fourth-order valence-corrected chi connectivity index (χ4v) is 1.79. The fraction of sp³-hybridized carbons (Fsp3) is 0.357. The van der Waals surface area contributed by atoms with E-state index in [1.807, 2.05) is 24.3 Å². The van der Waals surface area contributed by atoms with Crippen molar-refractivity contribution in [1.29, 1.82) is 0 Å². The van der Waals surface area contributed by atoms with E-state index in [0.29, 0.717) is 11.6 Å². The quantitative estimate of drug-likeness (QED) is 0.766. The molecule has 0 saturated heterocycles. The van der Waals surface area contributed by atoms with Crippen molar-refractivity contribution in [3.8, 4) is 11.8 Å². The Hall–Kier alpha value is -1.48. The third kappa shape index (κ3) is 2.85. The Kier molecular flexibility index (Phi) is 3.62. The highest BCUT2D eigenvalue weighted by Crippen LogP contribution is 2.33. The summed E-state index contributed by atoms with van der Waals surface area (Å²) < 4.78 is 10.9. The van der Waals surface area contributed by atoms with Gasteiger partial charge >= 0.3 is 6.08 Å². The SMILES string of the molecule is CC(C)(C)c1ccccc1Oc1nc(CCl)co1. The third-order valence-corrected chi connectivity index (χ3v) is 2.83. The van der Waals surface area contributed by atoms with Gasteiger partial charge in [-0.2, -0.15) is 4.98 Å². The van der Waals surface area contributed by atoms with Gasteiger partial charge in [-0.05, 0) is 11.5 Å². The number of oxazole rings is 1. The van der Waals surface area contributed by atoms with Crippen LogP contribution in [0.15, 0.2) is 34.9 Å². The van der Waals surface area contributed by atoms with Crippen molar-refractivity contribution in [3.63, 3.8) is 0 Å². The van der Waals surface area contributed by atoms with Crippen LogP contribution in [-0.4, -0.2) is 4.98 Å². The second-order valence-corrected chi connectivity index (χ2v) is 5.35. The molecule has 0 amide bonds. The first kappa shape index (κ1) is 13.0. The number of para-hydroxylation sites is 1. The standard InChI is InChI=1S/C14H16ClNO2/c1-14(2,3)11-6-4-5-7-12(11)18-13-16-10(8-15)9-17-13/h4-7,9H,8H2,1-3H3. The van der Waals surface area contributed by atoms with Crippen LogP contribution < -0.4 is 4.74 Å². The molecule has 0 radical (unpaired) electrons. The summed E-state index contributed by atoms with van der Waals surface area (Å²) in [5.74, 6) is 1.07. The van der Waals surface area contributed by atoms with Gasteiger partial charge in [-0.15, -0.1) is 11.6 Å². The van der Waals surface area contributed by atoms with Gasteiger partial charge in [0.1, 0.15) is 12.0 Å². The number of hydrogen-bond donors (Lipinski definition) is 0. The first-order chi connectivity index (χ1) is 8.50. The molecular formula is C14H16ClNO2. The van der Waals surface area contributed by atoms with Gasteiger partial charge in [0.15, 0.2) is 0 Å². The van der Waals surface area contributed by atoms with E-state index >= 15 is 0 Å². The lowest BCUT2D eigenvalue weighted by Gasteiger charge is -2.21. The predicted molar refractivity (Wildman–Crippen MR) is 71.3 cm³/mol. The van der Waals surface area contributed by atoms with Crippen molar-refractivity contribution in [2.45, 2.75) is 32.1 Å². The van der Waals surface area contributed by atoms with Gasteiger partial charge < -0.3 is 9.15 Å². The molecule has 0 aliphatic carbocycles. The van der Waals surface area contributed by atoms with Crippen molar-refractivity contribution in [2.75, 3.05) is 0 Å². The topological polar surface area (TPSA) is 35.3 Å². The zero-order valence-corrected chi connectivity index (χ0v) is 11.5. The smallest absolute Gasteiger partial charge is 0.399 e. The summed E-state index contributed by atoms with van der Waals surface area (Å²) in [6.07, 6.45) is 1.73. The summed E-state index contributed by atoms with van der Waals surface area (Å²) in [4.78, 5) is 4.13. The van der Waals surface area contributed by atoms with Crippen LogP contribution >= 0.6 is 11.6 Å². The lowest BCUT2D eigenvalue weighted by atomic mass is 9.86. The normalized spacial score (nSPS) is 11.6. The molecule has 1 heterocycles. The molecule has 3 nitrogen and oxygen atoms in total. The van der Waals surface area contributed by atoms with Crippen molar-refractivity contribution in [3.05, 3.63) is 41.8 Å². The summed E-state index contributed by atoms with van der Waals surface area (Å²) >= 11 is 5.67. The summed E-state index contributed by atoms with van der Waals surface area (Å²) in [5.41, 5.74) is 1.77. The minimum atomic E-state index is -0.00149. The van der Waals surface area contributed by atoms with Crippen molar-refractivity contribution < 1.29 is 9.15 Å². The molecule has 1 aromatic carbocycles. The van der Waals surface area contributed by atoms with Crippen LogP contribution in [0.5, 0.6) is 11.8 Å². The van der Waals surface area contributed by atoms with Crippen LogP contribution in [-0.2, 0) is 11.3 Å². The zero-order chi connectivity index (χ0) is 13.2. The maximum atomic E-state index is 5.68. The van der Waals surface area contributed by atoms with E-state index in [9.17, 15) is 0 Å². The number of aromatic nitrogens is 1. The summed E-state index contributed by atoms with van der Waals surface area (Å²) in [6.45, 7) is 6.40. The fourth-order valence-electron chi connectivity index (χ4n) is 1.67. The first-order valence-electron chi connectivity index (χ1n) is 5.78. The molecule has 96 valence electrons. The highest BCUT2D eigenvalue weighted by molar-refractivity contribution is 6.16. The highest BCUT2D eigenvalue weighted by atomic mass is 35.5. The molecule has 0 bridgehead atoms. The number of ether oxygens (including phenoxy) is 1. The first-order valence-corrected chi connectivity index (χ1v) is 6.32. The average molecular weight is 266 g/mol. The Balaban J connectivity index is 2.29. The minimum absolute atomic E-state index is 0.00149. The Labute approximate surface area is 112 Å². The lowest BCUT2D eigenvalue weighted by molar-refractivity contribution is 0.324. The molecule has 0 fully saturated rings. The van der Waals surface area contributed by atoms with E-state index in [-0.39, 0.29) is 11.5 Å². The zero-order valence-electron chi connectivity index (χ0n) is 10.7. The Morgan fingerprint density at radius 2 is 2.00 bits per heavy atom. The van der Waals surface area contributed by atoms with E-state index in [2.05, 4.69) is 25.8 Å². The monoisotopic (exact) mass is 265 g/mol. The van der Waals surface area contributed by atoms with Gasteiger partial charge in [-0.1, -0.05) is 39.0 Å². The average Bonchev–Trinajstić information content (AvgIpc) is 2.76. The predicted octanol–water partition coefficient (Wildman–Crippen LogP) is 4.50. The second-order valence-electron chi connectivity index (χ2n) is 5.09. The van der Waals surface area contributed by atoms with E-state index in [1.165, 1.54) is 6.26 Å². The molecule has 0 aliphatic rings. The number of hydrogen-bond acceptors (Lipinski definition) is 3. The highest BCUT2D eigenvalue weighted by Gasteiger charge is 2.19. The van der Waals surface area contributed by atoms with Crippen LogP contribution in [0, 0.1) is 0 Å². The maximum absolute atomic E-state index is 5.68. The number of alkyl halides is 1. The Morgan fingerprint density at radius 3 is 2.61 bits per heavy atom. The molecule has 0 atom stereocenters. The second kappa shape index (κ2) is 5.02. The van der Waals surface area contributed by atoms with Gasteiger partial charge in [0.25, 0.3) is 0 Å². The number of rotatable bonds is 3. The molecule has 18 heavy (non-hydrogen) atoms. The molecule has 0 saturated carbocycles.